The number of nitrogens with zero attached hydrogens (tertiary/aromatic N) is 2. The molecule has 0 saturated carbocycles. The van der Waals surface area contributed by atoms with Gasteiger partial charge in [0.05, 0.1) is 12.2 Å². The lowest BCUT2D eigenvalue weighted by atomic mass is 10.2. The summed E-state index contributed by atoms with van der Waals surface area (Å²) in [5, 5.41) is 17.5. The maximum atomic E-state index is 11.5. The number of thiophene rings is 1. The molecule has 0 amide bonds. The van der Waals surface area contributed by atoms with Crippen LogP contribution in [0.5, 0.6) is 0 Å². The maximum Gasteiger partial charge on any atom is 0.341 e. The van der Waals surface area contributed by atoms with Crippen molar-refractivity contribution in [1.29, 1.82) is 10.5 Å². The van der Waals surface area contributed by atoms with E-state index in [-0.39, 0.29) is 17.7 Å². The quantitative estimate of drug-likeness (QED) is 0.649. The molecule has 6 heteroatoms. The van der Waals surface area contributed by atoms with Crippen molar-refractivity contribution in [3.8, 4) is 12.1 Å². The number of carbonyl (C=O) groups excluding carboxylic acids is 1. The highest BCUT2D eigenvalue weighted by Gasteiger charge is 2.14. The molecule has 0 unspecified atom stereocenters. The molecule has 2 N–H and O–H groups in total. The van der Waals surface area contributed by atoms with E-state index in [1.807, 2.05) is 0 Å². The van der Waals surface area contributed by atoms with E-state index in [1.54, 1.807) is 19.1 Å². The van der Waals surface area contributed by atoms with Crippen LogP contribution in [0.1, 0.15) is 22.2 Å². The summed E-state index contributed by atoms with van der Waals surface area (Å²) in [5.74, 6) is -0.503. The molecule has 0 fully saturated rings. The van der Waals surface area contributed by atoms with E-state index in [9.17, 15) is 4.79 Å². The average molecular weight is 247 g/mol. The fraction of sp³-hybridized carbons (Fsp3) is 0.182. The Morgan fingerprint density at radius 1 is 1.59 bits per heavy atom. The second-order valence-electron chi connectivity index (χ2n) is 2.93. The Labute approximate surface area is 102 Å². The van der Waals surface area contributed by atoms with Crippen LogP contribution in [0.25, 0.3) is 6.08 Å². The monoisotopic (exact) mass is 247 g/mol. The zero-order valence-electron chi connectivity index (χ0n) is 9.06. The van der Waals surface area contributed by atoms with Gasteiger partial charge in [-0.1, -0.05) is 0 Å². The smallest absolute Gasteiger partial charge is 0.341 e. The second-order valence-corrected chi connectivity index (χ2v) is 4.04. The number of hydrogen-bond acceptors (Lipinski definition) is 6. The first-order chi connectivity index (χ1) is 8.12. The fourth-order valence-corrected chi connectivity index (χ4v) is 1.96. The minimum Gasteiger partial charge on any atom is -0.462 e. The van der Waals surface area contributed by atoms with Crippen molar-refractivity contribution >= 4 is 28.4 Å². The van der Waals surface area contributed by atoms with E-state index in [4.69, 9.17) is 21.0 Å². The van der Waals surface area contributed by atoms with Gasteiger partial charge in [-0.05, 0) is 19.1 Å². The largest absolute Gasteiger partial charge is 0.462 e. The Kier molecular flexibility index (Phi) is 4.27. The maximum absolute atomic E-state index is 11.5. The lowest BCUT2D eigenvalue weighted by Gasteiger charge is -1.98. The van der Waals surface area contributed by atoms with E-state index in [1.165, 1.54) is 12.1 Å². The van der Waals surface area contributed by atoms with Gasteiger partial charge in [-0.25, -0.2) is 4.79 Å². The summed E-state index contributed by atoms with van der Waals surface area (Å²) in [6.07, 6.45) is 1.38. The lowest BCUT2D eigenvalue weighted by Crippen LogP contribution is -2.05. The molecular weight excluding hydrogens is 238 g/mol. The zero-order chi connectivity index (χ0) is 12.8. The zero-order valence-corrected chi connectivity index (χ0v) is 9.87. The van der Waals surface area contributed by atoms with Crippen molar-refractivity contribution in [2.24, 2.45) is 0 Å². The molecule has 17 heavy (non-hydrogen) atoms. The number of carbonyl (C=O) groups is 1. The number of allylic oxidation sites excluding steroid dienone is 1. The Morgan fingerprint density at radius 3 is 2.76 bits per heavy atom. The number of nitrogen functional groups attached to an aromatic ring is 1. The van der Waals surface area contributed by atoms with Gasteiger partial charge in [-0.2, -0.15) is 10.5 Å². The summed E-state index contributed by atoms with van der Waals surface area (Å²) in [7, 11) is 0. The summed E-state index contributed by atoms with van der Waals surface area (Å²) < 4.78 is 4.82. The molecule has 1 rings (SSSR count). The lowest BCUT2D eigenvalue weighted by molar-refractivity contribution is 0.0528. The number of nitriles is 2. The van der Waals surface area contributed by atoms with Crippen LogP contribution in [-0.4, -0.2) is 12.6 Å². The first-order valence-electron chi connectivity index (χ1n) is 4.70. The van der Waals surface area contributed by atoms with Gasteiger partial charge < -0.3 is 10.5 Å². The van der Waals surface area contributed by atoms with Crippen LogP contribution >= 0.6 is 11.3 Å². The number of hydrogen-bond donors (Lipinski definition) is 1. The molecule has 0 spiro atoms. The van der Waals surface area contributed by atoms with Crippen LogP contribution in [0.3, 0.4) is 0 Å². The van der Waals surface area contributed by atoms with Crippen LogP contribution < -0.4 is 5.73 Å². The summed E-state index contributed by atoms with van der Waals surface area (Å²) in [6.45, 7) is 1.96. The predicted octanol–water partition coefficient (Wildman–Crippen LogP) is 1.94. The van der Waals surface area contributed by atoms with Crippen molar-refractivity contribution in [3.05, 3.63) is 22.1 Å². The Bertz CT molecular complexity index is 530. The normalized spacial score (nSPS) is 8.88. The summed E-state index contributed by atoms with van der Waals surface area (Å²) >= 11 is 1.13. The van der Waals surface area contributed by atoms with Crippen molar-refractivity contribution in [3.63, 3.8) is 0 Å². The van der Waals surface area contributed by atoms with Gasteiger partial charge in [0, 0.05) is 4.88 Å². The van der Waals surface area contributed by atoms with Gasteiger partial charge in [-0.3, -0.25) is 0 Å². The Balaban J connectivity index is 3.06. The predicted molar refractivity (Wildman–Crippen MR) is 63.9 cm³/mol. The van der Waals surface area contributed by atoms with Crippen LogP contribution in [0, 0.1) is 22.7 Å². The van der Waals surface area contributed by atoms with Crippen molar-refractivity contribution in [2.45, 2.75) is 6.92 Å². The molecule has 0 aromatic carbocycles. The minimum absolute atomic E-state index is 0.0401. The third-order valence-electron chi connectivity index (χ3n) is 1.80. The van der Waals surface area contributed by atoms with Gasteiger partial charge in [0.1, 0.15) is 22.7 Å². The molecule has 0 aliphatic carbocycles. The Hall–Kier alpha value is -2.31. The molecule has 1 aromatic heterocycles. The number of esters is 1. The van der Waals surface area contributed by atoms with Crippen molar-refractivity contribution in [1.82, 2.24) is 0 Å². The van der Waals surface area contributed by atoms with E-state index in [0.29, 0.717) is 9.88 Å². The highest BCUT2D eigenvalue weighted by Crippen LogP contribution is 2.27. The van der Waals surface area contributed by atoms with Gasteiger partial charge in [0.2, 0.25) is 0 Å². The Morgan fingerprint density at radius 2 is 2.24 bits per heavy atom. The van der Waals surface area contributed by atoms with Gasteiger partial charge >= 0.3 is 5.97 Å². The first kappa shape index (κ1) is 12.8. The molecule has 86 valence electrons. The molecule has 5 nitrogen and oxygen atoms in total. The fourth-order valence-electron chi connectivity index (χ4n) is 1.10. The van der Waals surface area contributed by atoms with Crippen LogP contribution in [-0.2, 0) is 4.74 Å². The molecule has 0 atom stereocenters. The summed E-state index contributed by atoms with van der Waals surface area (Å²) in [6, 6.07) is 4.97. The summed E-state index contributed by atoms with van der Waals surface area (Å²) in [5.41, 5.74) is 5.88. The highest BCUT2D eigenvalue weighted by molar-refractivity contribution is 7.17. The molecule has 1 aromatic rings. The molecule has 0 aliphatic heterocycles. The minimum atomic E-state index is -0.503. The molecule has 1 heterocycles. The van der Waals surface area contributed by atoms with E-state index < -0.39 is 5.97 Å². The number of anilines is 1. The average Bonchev–Trinajstić information content (AvgIpc) is 2.67. The molecule has 0 bridgehead atoms. The van der Waals surface area contributed by atoms with Crippen LogP contribution in [0.2, 0.25) is 0 Å². The van der Waals surface area contributed by atoms with E-state index >= 15 is 0 Å². The number of rotatable bonds is 3. The molecule has 0 aliphatic rings. The highest BCUT2D eigenvalue weighted by atomic mass is 32.1. The van der Waals surface area contributed by atoms with Crippen LogP contribution in [0.4, 0.5) is 5.00 Å². The number of ether oxygens (including phenoxy) is 1. The number of nitrogens with two attached hydrogens (primary N) is 1. The third kappa shape index (κ3) is 3.07. The van der Waals surface area contributed by atoms with E-state index in [2.05, 4.69) is 0 Å². The second kappa shape index (κ2) is 5.69. The molecular formula is C11H9N3O2S. The third-order valence-corrected chi connectivity index (χ3v) is 2.71. The van der Waals surface area contributed by atoms with Crippen LogP contribution in [0.15, 0.2) is 11.6 Å². The van der Waals surface area contributed by atoms with Gasteiger partial charge in [0.25, 0.3) is 0 Å². The van der Waals surface area contributed by atoms with Crippen molar-refractivity contribution < 1.29 is 9.53 Å². The van der Waals surface area contributed by atoms with Gasteiger partial charge in [-0.15, -0.1) is 11.3 Å². The molecule has 0 saturated heterocycles. The van der Waals surface area contributed by atoms with Gasteiger partial charge in [0.15, 0.2) is 0 Å². The van der Waals surface area contributed by atoms with E-state index in [0.717, 1.165) is 11.3 Å². The van der Waals surface area contributed by atoms with Crippen molar-refractivity contribution in [2.75, 3.05) is 12.3 Å². The summed E-state index contributed by atoms with van der Waals surface area (Å²) in [4.78, 5) is 12.0. The molecule has 0 radical (unpaired) electrons. The SMILES string of the molecule is CCOC(=O)c1cc(C=C(C#N)C#N)sc1N. The first-order valence-corrected chi connectivity index (χ1v) is 5.52. The standard InChI is InChI=1S/C11H9N3O2S/c1-2-16-11(15)9-4-8(17-10(9)14)3-7(5-12)6-13/h3-4H,2,14H2,1H3. The topological polar surface area (TPSA) is 99.9 Å².